The summed E-state index contributed by atoms with van der Waals surface area (Å²) in [6.07, 6.45) is 0. The van der Waals surface area contributed by atoms with Crippen molar-refractivity contribution in [3.63, 3.8) is 0 Å². The van der Waals surface area contributed by atoms with E-state index in [9.17, 15) is 4.79 Å². The molecule has 1 aromatic carbocycles. The van der Waals surface area contributed by atoms with E-state index >= 15 is 0 Å². The molecule has 0 bridgehead atoms. The standard InChI is InChI=1S/C11H15ClN2O.ClH/c1-13-7-8-14(2)11(15)9-3-5-10(12)6-4-9;/h3-6,13H,7-8H2,1-2H3;1H. The molecule has 0 unspecified atom stereocenters. The van der Waals surface area contributed by atoms with Crippen LogP contribution in [0.15, 0.2) is 24.3 Å². The molecule has 0 aromatic heterocycles. The zero-order chi connectivity index (χ0) is 11.3. The minimum absolute atomic E-state index is 0. The Balaban J connectivity index is 0.00000225. The normalized spacial score (nSPS) is 9.44. The van der Waals surface area contributed by atoms with Gasteiger partial charge in [0.25, 0.3) is 5.91 Å². The molecule has 1 rings (SSSR count). The lowest BCUT2D eigenvalue weighted by Crippen LogP contribution is -2.32. The third-order valence-electron chi connectivity index (χ3n) is 2.14. The molecule has 1 N–H and O–H groups in total. The van der Waals surface area contributed by atoms with E-state index in [1.807, 2.05) is 7.05 Å². The van der Waals surface area contributed by atoms with Gasteiger partial charge in [-0.25, -0.2) is 0 Å². The number of benzene rings is 1. The lowest BCUT2D eigenvalue weighted by Gasteiger charge is -2.16. The van der Waals surface area contributed by atoms with Gasteiger partial charge in [0.1, 0.15) is 0 Å². The van der Waals surface area contributed by atoms with Crippen molar-refractivity contribution in [2.24, 2.45) is 0 Å². The fourth-order valence-corrected chi connectivity index (χ4v) is 1.32. The van der Waals surface area contributed by atoms with E-state index in [4.69, 9.17) is 11.6 Å². The maximum absolute atomic E-state index is 11.8. The van der Waals surface area contributed by atoms with E-state index < -0.39 is 0 Å². The molecular formula is C11H16Cl2N2O. The highest BCUT2D eigenvalue weighted by Gasteiger charge is 2.10. The molecule has 0 aliphatic rings. The number of amides is 1. The van der Waals surface area contributed by atoms with Gasteiger partial charge < -0.3 is 10.2 Å². The van der Waals surface area contributed by atoms with E-state index in [0.717, 1.165) is 6.54 Å². The van der Waals surface area contributed by atoms with Gasteiger partial charge in [-0.3, -0.25) is 4.79 Å². The van der Waals surface area contributed by atoms with Crippen molar-refractivity contribution in [1.82, 2.24) is 10.2 Å². The molecule has 0 atom stereocenters. The first-order valence-electron chi connectivity index (χ1n) is 4.81. The van der Waals surface area contributed by atoms with Crippen molar-refractivity contribution in [3.8, 4) is 0 Å². The Kier molecular flexibility index (Phi) is 7.13. The fraction of sp³-hybridized carbons (Fsp3) is 0.364. The summed E-state index contributed by atoms with van der Waals surface area (Å²) in [6.45, 7) is 1.48. The molecule has 0 aliphatic carbocycles. The topological polar surface area (TPSA) is 32.3 Å². The number of likely N-dealkylation sites (N-methyl/N-ethyl adjacent to an activating group) is 2. The number of halogens is 2. The van der Waals surface area contributed by atoms with E-state index in [0.29, 0.717) is 17.1 Å². The Morgan fingerprint density at radius 3 is 2.44 bits per heavy atom. The minimum atomic E-state index is 0. The summed E-state index contributed by atoms with van der Waals surface area (Å²) in [5.41, 5.74) is 0.665. The smallest absolute Gasteiger partial charge is 0.253 e. The van der Waals surface area contributed by atoms with Crippen LogP contribution in [0.5, 0.6) is 0 Å². The molecule has 3 nitrogen and oxygen atoms in total. The summed E-state index contributed by atoms with van der Waals surface area (Å²) in [5, 5.41) is 3.64. The second-order valence-corrected chi connectivity index (χ2v) is 3.77. The predicted octanol–water partition coefficient (Wildman–Crippen LogP) is 2.05. The number of rotatable bonds is 4. The molecule has 0 radical (unpaired) electrons. The van der Waals surface area contributed by atoms with Crippen molar-refractivity contribution in [1.29, 1.82) is 0 Å². The Labute approximate surface area is 107 Å². The molecule has 0 aliphatic heterocycles. The molecule has 0 saturated carbocycles. The average molecular weight is 263 g/mol. The largest absolute Gasteiger partial charge is 0.340 e. The van der Waals surface area contributed by atoms with Crippen LogP contribution in [0.1, 0.15) is 10.4 Å². The Hall–Kier alpha value is -0.770. The van der Waals surface area contributed by atoms with Crippen LogP contribution < -0.4 is 5.32 Å². The molecule has 0 fully saturated rings. The molecule has 0 saturated heterocycles. The van der Waals surface area contributed by atoms with Crippen LogP contribution in [0.4, 0.5) is 0 Å². The minimum Gasteiger partial charge on any atom is -0.340 e. The van der Waals surface area contributed by atoms with E-state index in [1.54, 1.807) is 36.2 Å². The molecule has 5 heteroatoms. The zero-order valence-corrected chi connectivity index (χ0v) is 10.9. The number of nitrogens with zero attached hydrogens (tertiary/aromatic N) is 1. The van der Waals surface area contributed by atoms with E-state index in [1.165, 1.54) is 0 Å². The third-order valence-corrected chi connectivity index (χ3v) is 2.39. The fourth-order valence-electron chi connectivity index (χ4n) is 1.19. The second kappa shape index (κ2) is 7.49. The van der Waals surface area contributed by atoms with Gasteiger partial charge in [0.15, 0.2) is 0 Å². The van der Waals surface area contributed by atoms with Gasteiger partial charge >= 0.3 is 0 Å². The summed E-state index contributed by atoms with van der Waals surface area (Å²) in [5.74, 6) is 0.0157. The lowest BCUT2D eigenvalue weighted by atomic mass is 10.2. The number of hydrogen-bond donors (Lipinski definition) is 1. The molecule has 16 heavy (non-hydrogen) atoms. The number of carbonyl (C=O) groups is 1. The van der Waals surface area contributed by atoms with Gasteiger partial charge in [0.05, 0.1) is 0 Å². The highest BCUT2D eigenvalue weighted by molar-refractivity contribution is 6.30. The first-order chi connectivity index (χ1) is 7.15. The maximum atomic E-state index is 11.8. The van der Waals surface area contributed by atoms with Crippen LogP contribution in [0.2, 0.25) is 5.02 Å². The molecule has 1 aromatic rings. The maximum Gasteiger partial charge on any atom is 0.253 e. The summed E-state index contributed by atoms with van der Waals surface area (Å²) >= 11 is 5.74. The van der Waals surface area contributed by atoms with Gasteiger partial charge in [-0.2, -0.15) is 0 Å². The average Bonchev–Trinajstić information content (AvgIpc) is 2.26. The van der Waals surface area contributed by atoms with Crippen LogP contribution in [-0.2, 0) is 0 Å². The van der Waals surface area contributed by atoms with Crippen LogP contribution >= 0.6 is 24.0 Å². The number of carbonyl (C=O) groups excluding carboxylic acids is 1. The molecule has 0 spiro atoms. The van der Waals surface area contributed by atoms with E-state index in [-0.39, 0.29) is 18.3 Å². The molecule has 1 amide bonds. The summed E-state index contributed by atoms with van der Waals surface area (Å²) in [7, 11) is 3.65. The van der Waals surface area contributed by atoms with Crippen LogP contribution in [0.3, 0.4) is 0 Å². The van der Waals surface area contributed by atoms with E-state index in [2.05, 4.69) is 5.32 Å². The molecule has 0 heterocycles. The van der Waals surface area contributed by atoms with Crippen molar-refractivity contribution in [3.05, 3.63) is 34.9 Å². The Bertz CT molecular complexity index is 327. The summed E-state index contributed by atoms with van der Waals surface area (Å²) in [4.78, 5) is 13.5. The summed E-state index contributed by atoms with van der Waals surface area (Å²) in [6, 6.07) is 6.92. The van der Waals surface area contributed by atoms with Crippen molar-refractivity contribution < 1.29 is 4.79 Å². The third kappa shape index (κ3) is 4.39. The Morgan fingerprint density at radius 1 is 1.38 bits per heavy atom. The van der Waals surface area contributed by atoms with Crippen molar-refractivity contribution >= 4 is 29.9 Å². The second-order valence-electron chi connectivity index (χ2n) is 3.34. The SMILES string of the molecule is CNCCN(C)C(=O)c1ccc(Cl)cc1.Cl. The van der Waals surface area contributed by atoms with Gasteiger partial charge in [-0.05, 0) is 31.3 Å². The zero-order valence-electron chi connectivity index (χ0n) is 9.37. The number of hydrogen-bond acceptors (Lipinski definition) is 2. The quantitative estimate of drug-likeness (QED) is 0.901. The van der Waals surface area contributed by atoms with Gasteiger partial charge in [-0.1, -0.05) is 11.6 Å². The monoisotopic (exact) mass is 262 g/mol. The molecule has 90 valence electrons. The van der Waals surface area contributed by atoms with Gasteiger partial charge in [0.2, 0.25) is 0 Å². The van der Waals surface area contributed by atoms with Crippen molar-refractivity contribution in [2.45, 2.75) is 0 Å². The highest BCUT2D eigenvalue weighted by atomic mass is 35.5. The first-order valence-corrected chi connectivity index (χ1v) is 5.18. The highest BCUT2D eigenvalue weighted by Crippen LogP contribution is 2.10. The first kappa shape index (κ1) is 15.2. The molecular weight excluding hydrogens is 247 g/mol. The van der Waals surface area contributed by atoms with Crippen molar-refractivity contribution in [2.75, 3.05) is 27.2 Å². The van der Waals surface area contributed by atoms with Crippen LogP contribution in [0, 0.1) is 0 Å². The predicted molar refractivity (Wildman–Crippen MR) is 69.6 cm³/mol. The lowest BCUT2D eigenvalue weighted by molar-refractivity contribution is 0.0797. The van der Waals surface area contributed by atoms with Gasteiger partial charge in [0, 0.05) is 30.7 Å². The Morgan fingerprint density at radius 2 is 1.94 bits per heavy atom. The summed E-state index contributed by atoms with van der Waals surface area (Å²) < 4.78 is 0. The van der Waals surface area contributed by atoms with Crippen LogP contribution in [0.25, 0.3) is 0 Å². The van der Waals surface area contributed by atoms with Crippen LogP contribution in [-0.4, -0.2) is 38.0 Å². The number of nitrogens with one attached hydrogen (secondary N) is 1. The van der Waals surface area contributed by atoms with Gasteiger partial charge in [-0.15, -0.1) is 12.4 Å².